The quantitative estimate of drug-likeness (QED) is 0.516. The van der Waals surface area contributed by atoms with E-state index in [0.717, 1.165) is 10.8 Å². The van der Waals surface area contributed by atoms with E-state index >= 15 is 0 Å². The molecule has 37 heavy (non-hydrogen) atoms. The molecule has 0 saturated heterocycles. The van der Waals surface area contributed by atoms with Crippen LogP contribution in [0.3, 0.4) is 0 Å². The van der Waals surface area contributed by atoms with Crippen molar-refractivity contribution in [1.29, 1.82) is 0 Å². The minimum Gasteiger partial charge on any atom is -0.503 e. The molecule has 0 fully saturated rings. The molecule has 2 aliphatic rings. The Bertz CT molecular complexity index is 1320. The summed E-state index contributed by atoms with van der Waals surface area (Å²) >= 11 is 0. The standard InChI is InChI=1S/C23H22F4N4O6/c1-10-2-3-37-29-16(6-24)20(33)17-9-30(10)23(36)18-21(34)19(32)13(8-31(17)18)22(35)28-7-12-14(26)4-11(25)5-15(12)27/h4-5,8,10,17,20,33-34H,2-3,6-7,9H2,1H3,(H,28,35)/b29-16-/t10-,17+,20-/m0/s1. The number of aromatic hydroxyl groups is 1. The minimum atomic E-state index is -1.68. The van der Waals surface area contributed by atoms with Crippen LogP contribution in [-0.4, -0.2) is 69.2 Å². The Morgan fingerprint density at radius 1 is 1.24 bits per heavy atom. The van der Waals surface area contributed by atoms with Crippen LogP contribution >= 0.6 is 0 Å². The van der Waals surface area contributed by atoms with Gasteiger partial charge in [-0.25, -0.2) is 17.6 Å². The number of oxime groups is 1. The van der Waals surface area contributed by atoms with Crippen LogP contribution in [0.4, 0.5) is 17.6 Å². The van der Waals surface area contributed by atoms with E-state index in [9.17, 15) is 42.2 Å². The molecule has 3 heterocycles. The van der Waals surface area contributed by atoms with Gasteiger partial charge in [0.25, 0.3) is 11.8 Å². The lowest BCUT2D eigenvalue weighted by atomic mass is 9.98. The van der Waals surface area contributed by atoms with Crippen LogP contribution in [0.5, 0.6) is 5.75 Å². The zero-order valence-corrected chi connectivity index (χ0v) is 19.4. The van der Waals surface area contributed by atoms with Crippen molar-refractivity contribution in [3.8, 4) is 5.75 Å². The SMILES string of the molecule is C[C@H]1CCO/N=C(/CF)[C@H](O)[C@H]2CN1C(=O)c1c(O)c(=O)c(C(=O)NCc3c(F)cc(F)cc3F)cn12. The summed E-state index contributed by atoms with van der Waals surface area (Å²) in [6, 6.07) is -0.832. The normalized spacial score (nSPS) is 23.0. The topological polar surface area (TPSA) is 133 Å². The van der Waals surface area contributed by atoms with Crippen LogP contribution in [0.15, 0.2) is 28.3 Å². The molecule has 2 amide bonds. The number of amides is 2. The summed E-state index contributed by atoms with van der Waals surface area (Å²) in [5, 5.41) is 27.2. The number of benzene rings is 1. The summed E-state index contributed by atoms with van der Waals surface area (Å²) in [6.45, 7) is -0.468. The molecular formula is C23H22F4N4O6. The summed E-state index contributed by atoms with van der Waals surface area (Å²) in [5.74, 6) is -6.76. The second kappa shape index (κ2) is 10.2. The zero-order chi connectivity index (χ0) is 27.0. The highest BCUT2D eigenvalue weighted by molar-refractivity contribution is 5.99. The molecule has 0 spiro atoms. The lowest BCUT2D eigenvalue weighted by Crippen LogP contribution is -2.53. The van der Waals surface area contributed by atoms with Crippen molar-refractivity contribution in [3.05, 3.63) is 62.8 Å². The van der Waals surface area contributed by atoms with Crippen molar-refractivity contribution in [2.45, 2.75) is 38.1 Å². The number of carbonyl (C=O) groups excluding carboxylic acids is 2. The summed E-state index contributed by atoms with van der Waals surface area (Å²) in [5.41, 5.74) is -3.60. The largest absolute Gasteiger partial charge is 0.503 e. The van der Waals surface area contributed by atoms with Crippen molar-refractivity contribution in [2.75, 3.05) is 19.8 Å². The van der Waals surface area contributed by atoms with Crippen LogP contribution < -0.4 is 10.7 Å². The fourth-order valence-electron chi connectivity index (χ4n) is 4.29. The Balaban J connectivity index is 1.76. The van der Waals surface area contributed by atoms with Crippen LogP contribution in [0, 0.1) is 17.5 Å². The number of hydrogen-bond donors (Lipinski definition) is 3. The van der Waals surface area contributed by atoms with Crippen molar-refractivity contribution < 1.29 is 42.2 Å². The lowest BCUT2D eigenvalue weighted by molar-refractivity contribution is 0.0355. The molecule has 2 aromatic rings. The van der Waals surface area contributed by atoms with E-state index in [2.05, 4.69) is 10.5 Å². The average molecular weight is 526 g/mol. The number of nitrogens with zero attached hydrogens (tertiary/aromatic N) is 3. The molecule has 2 bridgehead atoms. The molecule has 2 aliphatic heterocycles. The number of fused-ring (bicyclic) bond motifs is 4. The maximum Gasteiger partial charge on any atom is 0.274 e. The molecule has 0 aliphatic carbocycles. The molecule has 0 unspecified atom stereocenters. The number of alkyl halides is 1. The van der Waals surface area contributed by atoms with E-state index in [1.54, 1.807) is 6.92 Å². The van der Waals surface area contributed by atoms with Gasteiger partial charge in [-0.05, 0) is 6.92 Å². The van der Waals surface area contributed by atoms with Gasteiger partial charge >= 0.3 is 0 Å². The van der Waals surface area contributed by atoms with Gasteiger partial charge in [0, 0.05) is 49.4 Å². The Morgan fingerprint density at radius 3 is 2.57 bits per heavy atom. The Hall–Kier alpha value is -3.94. The number of aliphatic hydroxyl groups excluding tert-OH is 1. The van der Waals surface area contributed by atoms with Gasteiger partial charge in [-0.2, -0.15) is 0 Å². The van der Waals surface area contributed by atoms with Crippen LogP contribution in [-0.2, 0) is 11.4 Å². The predicted octanol–water partition coefficient (Wildman–Crippen LogP) is 1.39. The molecule has 198 valence electrons. The number of nitrogens with one attached hydrogen (secondary N) is 1. The van der Waals surface area contributed by atoms with Gasteiger partial charge in [-0.3, -0.25) is 14.4 Å². The van der Waals surface area contributed by atoms with Crippen molar-refractivity contribution in [1.82, 2.24) is 14.8 Å². The second-order valence-electron chi connectivity index (χ2n) is 8.66. The van der Waals surface area contributed by atoms with E-state index in [1.807, 2.05) is 0 Å². The predicted molar refractivity (Wildman–Crippen MR) is 119 cm³/mol. The maximum atomic E-state index is 13.9. The van der Waals surface area contributed by atoms with Crippen LogP contribution in [0.2, 0.25) is 0 Å². The summed E-state index contributed by atoms with van der Waals surface area (Å²) in [6.07, 6.45) is -0.509. The highest BCUT2D eigenvalue weighted by atomic mass is 19.1. The molecule has 0 saturated carbocycles. The molecule has 14 heteroatoms. The minimum absolute atomic E-state index is 0.0129. The maximum absolute atomic E-state index is 13.9. The number of pyridine rings is 1. The fourth-order valence-corrected chi connectivity index (χ4v) is 4.29. The third kappa shape index (κ3) is 4.75. The third-order valence-electron chi connectivity index (χ3n) is 6.37. The van der Waals surface area contributed by atoms with Crippen LogP contribution in [0.1, 0.15) is 45.8 Å². The lowest BCUT2D eigenvalue weighted by Gasteiger charge is -2.41. The Labute approximate surface area is 206 Å². The van der Waals surface area contributed by atoms with Crippen molar-refractivity contribution in [2.24, 2.45) is 5.16 Å². The third-order valence-corrected chi connectivity index (χ3v) is 6.37. The molecule has 3 N–H and O–H groups in total. The summed E-state index contributed by atoms with van der Waals surface area (Å²) in [4.78, 5) is 45.1. The molecule has 1 aromatic carbocycles. The molecule has 10 nitrogen and oxygen atoms in total. The van der Waals surface area contributed by atoms with E-state index in [-0.39, 0.29) is 19.6 Å². The average Bonchev–Trinajstić information content (AvgIpc) is 2.84. The van der Waals surface area contributed by atoms with E-state index < -0.39 is 94.4 Å². The molecule has 3 atom stereocenters. The summed E-state index contributed by atoms with van der Waals surface area (Å²) in [7, 11) is 0. The van der Waals surface area contributed by atoms with Gasteiger partial charge < -0.3 is 29.8 Å². The molecular weight excluding hydrogens is 504 g/mol. The molecule has 0 radical (unpaired) electrons. The van der Waals surface area contributed by atoms with Gasteiger partial charge in [0.15, 0.2) is 11.4 Å². The number of carbonyl (C=O) groups is 2. The van der Waals surface area contributed by atoms with Gasteiger partial charge in [0.05, 0.1) is 6.04 Å². The molecule has 4 rings (SSSR count). The van der Waals surface area contributed by atoms with E-state index in [4.69, 9.17) is 4.84 Å². The zero-order valence-electron chi connectivity index (χ0n) is 19.4. The van der Waals surface area contributed by atoms with E-state index in [0.29, 0.717) is 12.1 Å². The van der Waals surface area contributed by atoms with E-state index in [1.165, 1.54) is 4.90 Å². The van der Waals surface area contributed by atoms with Crippen LogP contribution in [0.25, 0.3) is 0 Å². The first-order valence-corrected chi connectivity index (χ1v) is 11.2. The fraction of sp³-hybridized carbons (Fsp3) is 0.391. The molecule has 1 aromatic heterocycles. The highest BCUT2D eigenvalue weighted by Gasteiger charge is 2.41. The first kappa shape index (κ1) is 26.1. The second-order valence-corrected chi connectivity index (χ2v) is 8.66. The summed E-state index contributed by atoms with van der Waals surface area (Å²) < 4.78 is 55.6. The smallest absolute Gasteiger partial charge is 0.274 e. The number of aromatic nitrogens is 1. The van der Waals surface area contributed by atoms with Gasteiger partial charge in [0.2, 0.25) is 5.43 Å². The van der Waals surface area contributed by atoms with Crippen molar-refractivity contribution in [3.63, 3.8) is 0 Å². The van der Waals surface area contributed by atoms with Crippen molar-refractivity contribution >= 4 is 17.5 Å². The van der Waals surface area contributed by atoms with Gasteiger partial charge in [-0.15, -0.1) is 0 Å². The highest BCUT2D eigenvalue weighted by Crippen LogP contribution is 2.31. The number of rotatable bonds is 4. The first-order chi connectivity index (χ1) is 17.5. The Kier molecular flexibility index (Phi) is 7.21. The van der Waals surface area contributed by atoms with Gasteiger partial charge in [-0.1, -0.05) is 5.16 Å². The first-order valence-electron chi connectivity index (χ1n) is 11.2. The number of halogens is 4. The Morgan fingerprint density at radius 2 is 1.92 bits per heavy atom. The monoisotopic (exact) mass is 526 g/mol. The van der Waals surface area contributed by atoms with Gasteiger partial charge in [0.1, 0.15) is 48.1 Å². The number of hydrogen-bond acceptors (Lipinski definition) is 7. The number of aliphatic hydroxyl groups is 1.